The van der Waals surface area contributed by atoms with E-state index in [1.54, 1.807) is 6.92 Å². The van der Waals surface area contributed by atoms with E-state index in [9.17, 15) is 4.79 Å². The van der Waals surface area contributed by atoms with Gasteiger partial charge in [0.25, 0.3) is 0 Å². The second-order valence-corrected chi connectivity index (χ2v) is 6.48. The lowest BCUT2D eigenvalue weighted by Gasteiger charge is -2.09. The van der Waals surface area contributed by atoms with Crippen LogP contribution in [0.4, 0.5) is 0 Å². The Kier molecular flexibility index (Phi) is 16.3. The molecule has 1 N–H and O–H groups in total. The molecule has 2 nitrogen and oxygen atoms in total. The van der Waals surface area contributed by atoms with Crippen molar-refractivity contribution < 1.29 is 9.90 Å². The molecule has 0 aliphatic rings. The molecule has 22 heavy (non-hydrogen) atoms. The fourth-order valence-corrected chi connectivity index (χ4v) is 2.74. The molecule has 0 aliphatic carbocycles. The average Bonchev–Trinajstić information content (AvgIpc) is 2.50. The molecule has 2 heteroatoms. The Morgan fingerprint density at radius 3 is 2.14 bits per heavy atom. The van der Waals surface area contributed by atoms with Gasteiger partial charge in [0.2, 0.25) is 0 Å². The van der Waals surface area contributed by atoms with Gasteiger partial charge in [-0.1, -0.05) is 76.9 Å². The van der Waals surface area contributed by atoms with Crippen LogP contribution in [0.15, 0.2) is 12.2 Å². The molecule has 0 saturated heterocycles. The summed E-state index contributed by atoms with van der Waals surface area (Å²) in [6, 6.07) is 0. The summed E-state index contributed by atoms with van der Waals surface area (Å²) in [6.45, 7) is 4.28. The molecule has 0 fully saturated rings. The SMILES string of the molecule is CCCCCCCCC(/C=C/CCCCCCCO)C(C)=O. The zero-order valence-electron chi connectivity index (χ0n) is 15.0. The number of rotatable bonds is 16. The zero-order valence-corrected chi connectivity index (χ0v) is 15.0. The molecular formula is C20H38O2. The van der Waals surface area contributed by atoms with Crippen LogP contribution in [0.2, 0.25) is 0 Å². The summed E-state index contributed by atoms with van der Waals surface area (Å²) in [4.78, 5) is 11.7. The third-order valence-electron chi connectivity index (χ3n) is 4.29. The van der Waals surface area contributed by atoms with Crippen LogP contribution < -0.4 is 0 Å². The van der Waals surface area contributed by atoms with Gasteiger partial charge in [0, 0.05) is 12.5 Å². The van der Waals surface area contributed by atoms with Gasteiger partial charge in [0.15, 0.2) is 0 Å². The molecular weight excluding hydrogens is 272 g/mol. The number of carbonyl (C=O) groups excluding carboxylic acids is 1. The van der Waals surface area contributed by atoms with E-state index in [-0.39, 0.29) is 5.92 Å². The van der Waals surface area contributed by atoms with E-state index in [0.29, 0.717) is 12.4 Å². The molecule has 0 aromatic carbocycles. The average molecular weight is 311 g/mol. The van der Waals surface area contributed by atoms with Gasteiger partial charge in [-0.05, 0) is 32.6 Å². The summed E-state index contributed by atoms with van der Waals surface area (Å²) < 4.78 is 0. The highest BCUT2D eigenvalue weighted by molar-refractivity contribution is 5.79. The van der Waals surface area contributed by atoms with Crippen molar-refractivity contribution in [3.63, 3.8) is 0 Å². The van der Waals surface area contributed by atoms with Crippen molar-refractivity contribution in [2.45, 2.75) is 97.3 Å². The molecule has 0 rings (SSSR count). The van der Waals surface area contributed by atoms with Crippen LogP contribution in [0.25, 0.3) is 0 Å². The molecule has 0 saturated carbocycles. The second kappa shape index (κ2) is 16.7. The number of Topliss-reactive ketones (excluding diaryl/α,β-unsaturated/α-hetero) is 1. The number of carbonyl (C=O) groups is 1. The minimum Gasteiger partial charge on any atom is -0.396 e. The van der Waals surface area contributed by atoms with Crippen LogP contribution in [-0.4, -0.2) is 17.5 Å². The monoisotopic (exact) mass is 310 g/mol. The predicted molar refractivity (Wildman–Crippen MR) is 96.1 cm³/mol. The van der Waals surface area contributed by atoms with Gasteiger partial charge >= 0.3 is 0 Å². The lowest BCUT2D eigenvalue weighted by molar-refractivity contribution is -0.119. The zero-order chi connectivity index (χ0) is 16.5. The first-order chi connectivity index (χ1) is 10.7. The summed E-state index contributed by atoms with van der Waals surface area (Å²) in [5.41, 5.74) is 0. The van der Waals surface area contributed by atoms with E-state index in [0.717, 1.165) is 25.7 Å². The molecule has 0 heterocycles. The Bertz CT molecular complexity index is 271. The van der Waals surface area contributed by atoms with Gasteiger partial charge in [-0.2, -0.15) is 0 Å². The van der Waals surface area contributed by atoms with E-state index in [1.807, 2.05) is 0 Å². The van der Waals surface area contributed by atoms with Crippen LogP contribution in [0.3, 0.4) is 0 Å². The molecule has 0 amide bonds. The number of ketones is 1. The van der Waals surface area contributed by atoms with Gasteiger partial charge in [-0.15, -0.1) is 0 Å². The van der Waals surface area contributed by atoms with Crippen LogP contribution >= 0.6 is 0 Å². The largest absolute Gasteiger partial charge is 0.396 e. The van der Waals surface area contributed by atoms with E-state index in [4.69, 9.17) is 5.11 Å². The first kappa shape index (κ1) is 21.4. The van der Waals surface area contributed by atoms with Crippen molar-refractivity contribution in [1.29, 1.82) is 0 Å². The second-order valence-electron chi connectivity index (χ2n) is 6.48. The number of hydrogen-bond donors (Lipinski definition) is 1. The number of hydrogen-bond acceptors (Lipinski definition) is 2. The first-order valence-electron chi connectivity index (χ1n) is 9.50. The predicted octanol–water partition coefficient (Wildman–Crippen LogP) is 5.83. The first-order valence-corrected chi connectivity index (χ1v) is 9.50. The Balaban J connectivity index is 3.66. The summed E-state index contributed by atoms with van der Waals surface area (Å²) in [5, 5.41) is 8.71. The lowest BCUT2D eigenvalue weighted by atomic mass is 9.96. The number of aliphatic hydroxyl groups excluding tert-OH is 1. The Labute approximate surface area is 138 Å². The quantitative estimate of drug-likeness (QED) is 0.287. The topological polar surface area (TPSA) is 37.3 Å². The maximum atomic E-state index is 11.7. The van der Waals surface area contributed by atoms with Crippen molar-refractivity contribution in [2.75, 3.05) is 6.61 Å². The van der Waals surface area contributed by atoms with Gasteiger partial charge in [0.05, 0.1) is 0 Å². The maximum absolute atomic E-state index is 11.7. The molecule has 1 atom stereocenters. The molecule has 0 aromatic heterocycles. The molecule has 0 bridgehead atoms. The normalized spacial score (nSPS) is 12.9. The standard InChI is InChI=1S/C20H38O2/c1-3-4-5-6-10-13-16-20(19(2)22)17-14-11-8-7-9-12-15-18-21/h14,17,20-21H,3-13,15-16,18H2,1-2H3/b17-14+. The fourth-order valence-electron chi connectivity index (χ4n) is 2.74. The van der Waals surface area contributed by atoms with Crippen molar-refractivity contribution in [1.82, 2.24) is 0 Å². The molecule has 0 aromatic rings. The number of allylic oxidation sites excluding steroid dienone is 2. The smallest absolute Gasteiger partial charge is 0.136 e. The number of unbranched alkanes of at least 4 members (excludes halogenated alkanes) is 10. The van der Waals surface area contributed by atoms with E-state index in [2.05, 4.69) is 19.1 Å². The van der Waals surface area contributed by atoms with E-state index in [1.165, 1.54) is 57.8 Å². The molecule has 130 valence electrons. The maximum Gasteiger partial charge on any atom is 0.136 e. The minimum atomic E-state index is 0.139. The van der Waals surface area contributed by atoms with E-state index < -0.39 is 0 Å². The third kappa shape index (κ3) is 14.3. The van der Waals surface area contributed by atoms with Gasteiger partial charge in [-0.3, -0.25) is 4.79 Å². The Morgan fingerprint density at radius 1 is 0.909 bits per heavy atom. The highest BCUT2D eigenvalue weighted by atomic mass is 16.2. The van der Waals surface area contributed by atoms with Gasteiger partial charge in [0.1, 0.15) is 5.78 Å². The van der Waals surface area contributed by atoms with Crippen molar-refractivity contribution in [2.24, 2.45) is 5.92 Å². The summed E-state index contributed by atoms with van der Waals surface area (Å²) in [5.74, 6) is 0.452. The fraction of sp³-hybridized carbons (Fsp3) is 0.850. The molecule has 0 aliphatic heterocycles. The van der Waals surface area contributed by atoms with Crippen molar-refractivity contribution in [3.8, 4) is 0 Å². The lowest BCUT2D eigenvalue weighted by Crippen LogP contribution is -2.07. The van der Waals surface area contributed by atoms with Crippen molar-refractivity contribution in [3.05, 3.63) is 12.2 Å². The summed E-state index contributed by atoms with van der Waals surface area (Å²) in [6.07, 6.45) is 19.9. The summed E-state index contributed by atoms with van der Waals surface area (Å²) in [7, 11) is 0. The highest BCUT2D eigenvalue weighted by Gasteiger charge is 2.09. The number of aliphatic hydroxyl groups is 1. The molecule has 1 unspecified atom stereocenters. The van der Waals surface area contributed by atoms with Crippen LogP contribution in [0, 0.1) is 5.92 Å². The third-order valence-corrected chi connectivity index (χ3v) is 4.29. The molecule has 0 radical (unpaired) electrons. The Morgan fingerprint density at radius 2 is 1.50 bits per heavy atom. The van der Waals surface area contributed by atoms with Crippen LogP contribution in [0.1, 0.15) is 97.3 Å². The highest BCUT2D eigenvalue weighted by Crippen LogP contribution is 2.15. The van der Waals surface area contributed by atoms with Crippen molar-refractivity contribution >= 4 is 5.78 Å². The molecule has 0 spiro atoms. The van der Waals surface area contributed by atoms with Gasteiger partial charge in [-0.25, -0.2) is 0 Å². The Hall–Kier alpha value is -0.630. The van der Waals surface area contributed by atoms with E-state index >= 15 is 0 Å². The van der Waals surface area contributed by atoms with Gasteiger partial charge < -0.3 is 5.11 Å². The van der Waals surface area contributed by atoms with Crippen LogP contribution in [0.5, 0.6) is 0 Å². The van der Waals surface area contributed by atoms with Crippen LogP contribution in [-0.2, 0) is 4.79 Å². The minimum absolute atomic E-state index is 0.139. The summed E-state index contributed by atoms with van der Waals surface area (Å²) >= 11 is 0.